The van der Waals surface area contributed by atoms with E-state index < -0.39 is 24.7 Å². The maximum atomic E-state index is 11.7. The minimum Gasteiger partial charge on any atom is -0.482 e. The van der Waals surface area contributed by atoms with Gasteiger partial charge in [0.05, 0.1) is 0 Å². The lowest BCUT2D eigenvalue weighted by molar-refractivity contribution is -0.202. The van der Waals surface area contributed by atoms with Crippen LogP contribution in [0.4, 0.5) is 13.2 Å². The van der Waals surface area contributed by atoms with Gasteiger partial charge in [-0.25, -0.2) is 9.59 Å². The van der Waals surface area contributed by atoms with Crippen molar-refractivity contribution in [2.75, 3.05) is 6.61 Å². The molecule has 0 saturated carbocycles. The summed E-state index contributed by atoms with van der Waals surface area (Å²) in [4.78, 5) is 21.1. The summed E-state index contributed by atoms with van der Waals surface area (Å²) in [5, 5.41) is 0. The van der Waals surface area contributed by atoms with E-state index in [1.54, 1.807) is 18.2 Å². The van der Waals surface area contributed by atoms with Crippen LogP contribution < -0.4 is 4.74 Å². The van der Waals surface area contributed by atoms with Crippen molar-refractivity contribution in [2.24, 2.45) is 0 Å². The fourth-order valence-electron chi connectivity index (χ4n) is 0.850. The number of hydrogen-bond acceptors (Lipinski definition) is 4. The number of carbonyl (C=O) groups excluding carboxylic acids is 2. The second-order valence-corrected chi connectivity index (χ2v) is 2.86. The van der Waals surface area contributed by atoms with Crippen LogP contribution in [-0.2, 0) is 14.3 Å². The van der Waals surface area contributed by atoms with Crippen LogP contribution in [-0.4, -0.2) is 24.7 Å². The molecule has 4 nitrogen and oxygen atoms in total. The van der Waals surface area contributed by atoms with Gasteiger partial charge in [-0.1, -0.05) is 18.2 Å². The molecule has 0 amide bonds. The van der Waals surface area contributed by atoms with E-state index in [4.69, 9.17) is 4.74 Å². The number of ether oxygens (including phenoxy) is 2. The lowest BCUT2D eigenvalue weighted by Crippen LogP contribution is -2.30. The van der Waals surface area contributed by atoms with E-state index in [0.717, 1.165) is 0 Å². The lowest BCUT2D eigenvalue weighted by atomic mass is 10.3. The maximum Gasteiger partial charge on any atom is 0.491 e. The van der Waals surface area contributed by atoms with Gasteiger partial charge >= 0.3 is 18.1 Å². The van der Waals surface area contributed by atoms with Crippen molar-refractivity contribution in [3.63, 3.8) is 0 Å². The first kappa shape index (κ1) is 13.0. The number of para-hydroxylation sites is 1. The third-order valence-corrected chi connectivity index (χ3v) is 1.54. The summed E-state index contributed by atoms with van der Waals surface area (Å²) < 4.78 is 43.4. The molecule has 0 bridgehead atoms. The van der Waals surface area contributed by atoms with Crippen molar-refractivity contribution in [3.05, 3.63) is 30.3 Å². The van der Waals surface area contributed by atoms with Gasteiger partial charge in [-0.05, 0) is 12.1 Å². The first-order valence-electron chi connectivity index (χ1n) is 4.39. The average molecular weight is 248 g/mol. The van der Waals surface area contributed by atoms with E-state index in [1.807, 2.05) is 0 Å². The lowest BCUT2D eigenvalue weighted by Gasteiger charge is -2.06. The topological polar surface area (TPSA) is 52.6 Å². The molecule has 0 aliphatic carbocycles. The molecule has 0 saturated heterocycles. The van der Waals surface area contributed by atoms with Crippen molar-refractivity contribution >= 4 is 11.9 Å². The highest BCUT2D eigenvalue weighted by molar-refractivity contribution is 5.89. The standard InChI is InChI=1S/C10H7F3O4/c11-10(12,13)9(15)17-8(14)6-16-7-4-2-1-3-5-7/h1-5H,6H2. The van der Waals surface area contributed by atoms with Crippen LogP contribution in [0.15, 0.2) is 30.3 Å². The highest BCUT2D eigenvalue weighted by Crippen LogP contribution is 2.16. The molecule has 0 atom stereocenters. The van der Waals surface area contributed by atoms with E-state index in [0.29, 0.717) is 0 Å². The van der Waals surface area contributed by atoms with Crippen molar-refractivity contribution < 1.29 is 32.2 Å². The van der Waals surface area contributed by atoms with Gasteiger partial charge in [0.1, 0.15) is 5.75 Å². The molecule has 0 fully saturated rings. The molecule has 0 heterocycles. The molecule has 0 N–H and O–H groups in total. The molecule has 0 spiro atoms. The summed E-state index contributed by atoms with van der Waals surface area (Å²) in [7, 11) is 0. The highest BCUT2D eigenvalue weighted by Gasteiger charge is 2.42. The zero-order chi connectivity index (χ0) is 12.9. The molecular weight excluding hydrogens is 241 g/mol. The largest absolute Gasteiger partial charge is 0.491 e. The van der Waals surface area contributed by atoms with Crippen LogP contribution in [0.3, 0.4) is 0 Å². The van der Waals surface area contributed by atoms with Crippen molar-refractivity contribution in [2.45, 2.75) is 6.18 Å². The molecule has 92 valence electrons. The zero-order valence-corrected chi connectivity index (χ0v) is 8.36. The Kier molecular flexibility index (Phi) is 4.08. The van der Waals surface area contributed by atoms with E-state index in [9.17, 15) is 22.8 Å². The molecule has 17 heavy (non-hydrogen) atoms. The number of benzene rings is 1. The molecule has 0 unspecified atom stereocenters. The molecular formula is C10H7F3O4. The Bertz CT molecular complexity index is 400. The molecule has 1 aromatic carbocycles. The third kappa shape index (κ3) is 4.54. The van der Waals surface area contributed by atoms with E-state index in [1.165, 1.54) is 12.1 Å². The van der Waals surface area contributed by atoms with Crippen molar-refractivity contribution in [3.8, 4) is 5.75 Å². The number of rotatable bonds is 3. The molecule has 1 aromatic rings. The Hall–Kier alpha value is -2.05. The molecule has 0 radical (unpaired) electrons. The zero-order valence-electron chi connectivity index (χ0n) is 8.36. The number of hydrogen-bond donors (Lipinski definition) is 0. The Balaban J connectivity index is 2.39. The second-order valence-electron chi connectivity index (χ2n) is 2.86. The number of halogens is 3. The Morgan fingerprint density at radius 2 is 1.71 bits per heavy atom. The van der Waals surface area contributed by atoms with Crippen LogP contribution in [0.25, 0.3) is 0 Å². The molecule has 0 aliphatic rings. The highest BCUT2D eigenvalue weighted by atomic mass is 19.4. The van der Waals surface area contributed by atoms with Gasteiger partial charge in [0.25, 0.3) is 0 Å². The molecule has 7 heteroatoms. The van der Waals surface area contributed by atoms with Crippen molar-refractivity contribution in [1.29, 1.82) is 0 Å². The van der Waals surface area contributed by atoms with Gasteiger partial charge in [0.2, 0.25) is 0 Å². The summed E-state index contributed by atoms with van der Waals surface area (Å²) in [5.41, 5.74) is 0. The summed E-state index contributed by atoms with van der Waals surface area (Å²) >= 11 is 0. The fraction of sp³-hybridized carbons (Fsp3) is 0.200. The third-order valence-electron chi connectivity index (χ3n) is 1.54. The van der Waals surface area contributed by atoms with Gasteiger partial charge in [-0.3, -0.25) is 0 Å². The van der Waals surface area contributed by atoms with E-state index in [-0.39, 0.29) is 5.75 Å². The van der Waals surface area contributed by atoms with Crippen LogP contribution >= 0.6 is 0 Å². The smallest absolute Gasteiger partial charge is 0.482 e. The quantitative estimate of drug-likeness (QED) is 0.603. The minimum absolute atomic E-state index is 0.281. The van der Waals surface area contributed by atoms with Crippen LogP contribution in [0.1, 0.15) is 0 Å². The van der Waals surface area contributed by atoms with Crippen LogP contribution in [0, 0.1) is 0 Å². The van der Waals surface area contributed by atoms with Gasteiger partial charge in [0.15, 0.2) is 6.61 Å². The van der Waals surface area contributed by atoms with Gasteiger partial charge in [0, 0.05) is 0 Å². The van der Waals surface area contributed by atoms with Crippen LogP contribution in [0.2, 0.25) is 0 Å². The molecule has 0 aliphatic heterocycles. The molecule has 0 aromatic heterocycles. The summed E-state index contributed by atoms with van der Waals surface area (Å²) in [5.74, 6) is -3.68. The monoisotopic (exact) mass is 248 g/mol. The average Bonchev–Trinajstić information content (AvgIpc) is 2.26. The summed E-state index contributed by atoms with van der Waals surface area (Å²) in [6, 6.07) is 7.92. The predicted molar refractivity (Wildman–Crippen MR) is 49.1 cm³/mol. The number of esters is 2. The summed E-state index contributed by atoms with van der Waals surface area (Å²) in [6.45, 7) is -0.772. The SMILES string of the molecule is O=C(COc1ccccc1)OC(=O)C(F)(F)F. The number of carbonyl (C=O) groups is 2. The van der Waals surface area contributed by atoms with Crippen LogP contribution in [0.5, 0.6) is 5.75 Å². The first-order chi connectivity index (χ1) is 7.89. The fourth-order valence-corrected chi connectivity index (χ4v) is 0.850. The minimum atomic E-state index is -5.19. The van der Waals surface area contributed by atoms with Gasteiger partial charge < -0.3 is 9.47 Å². The Morgan fingerprint density at radius 3 is 2.24 bits per heavy atom. The van der Waals surface area contributed by atoms with Gasteiger partial charge in [-0.15, -0.1) is 0 Å². The molecule has 1 rings (SSSR count). The summed E-state index contributed by atoms with van der Waals surface area (Å²) in [6.07, 6.45) is -5.19. The predicted octanol–water partition coefficient (Wildman–Crippen LogP) is 1.70. The normalized spacial score (nSPS) is 10.8. The first-order valence-corrected chi connectivity index (χ1v) is 4.39. The Morgan fingerprint density at radius 1 is 1.12 bits per heavy atom. The maximum absolute atomic E-state index is 11.7. The number of alkyl halides is 3. The van der Waals surface area contributed by atoms with Crippen molar-refractivity contribution in [1.82, 2.24) is 0 Å². The van der Waals surface area contributed by atoms with E-state index >= 15 is 0 Å². The van der Waals surface area contributed by atoms with E-state index in [2.05, 4.69) is 4.74 Å². The Labute approximate surface area is 93.9 Å². The second kappa shape index (κ2) is 5.33. The van der Waals surface area contributed by atoms with Gasteiger partial charge in [-0.2, -0.15) is 13.2 Å².